The van der Waals surface area contributed by atoms with E-state index in [1.165, 1.54) is 0 Å². The molecule has 0 spiro atoms. The van der Waals surface area contributed by atoms with Gasteiger partial charge in [-0.1, -0.05) is 0 Å². The van der Waals surface area contributed by atoms with Crippen LogP contribution in [-0.2, 0) is 13.8 Å². The van der Waals surface area contributed by atoms with Crippen LogP contribution in [0.4, 0.5) is 4.39 Å². The fourth-order valence-corrected chi connectivity index (χ4v) is 2.55. The number of halogens is 1. The number of phosphoric ester groups is 1. The summed E-state index contributed by atoms with van der Waals surface area (Å²) in [6, 6.07) is 0.947. The van der Waals surface area contributed by atoms with Crippen molar-refractivity contribution < 1.29 is 33.1 Å². The molecule has 0 bridgehead atoms. The lowest BCUT2D eigenvalue weighted by Gasteiger charge is -2.18. The summed E-state index contributed by atoms with van der Waals surface area (Å²) in [4.78, 5) is 41.8. The van der Waals surface area contributed by atoms with Gasteiger partial charge in [-0.15, -0.1) is 0 Å². The largest absolute Gasteiger partial charge is 0.470 e. The van der Waals surface area contributed by atoms with E-state index in [-0.39, 0.29) is 0 Å². The SMILES string of the molecule is O=c1ccn([C@@H]2O[C@H](CO)C(OP(=O)(O)O)C2F)c(=O)[nH]1. The number of aromatic nitrogens is 2. The second-order valence-electron chi connectivity index (χ2n) is 4.27. The topological polar surface area (TPSA) is 151 Å². The Morgan fingerprint density at radius 2 is 2.14 bits per heavy atom. The van der Waals surface area contributed by atoms with Crippen molar-refractivity contribution >= 4 is 7.82 Å². The molecule has 4 atom stereocenters. The number of ether oxygens (including phenoxy) is 1. The van der Waals surface area contributed by atoms with Crippen molar-refractivity contribution in [3.05, 3.63) is 33.1 Å². The first-order chi connectivity index (χ1) is 9.73. The van der Waals surface area contributed by atoms with Crippen LogP contribution < -0.4 is 11.2 Å². The Morgan fingerprint density at radius 3 is 2.67 bits per heavy atom. The van der Waals surface area contributed by atoms with Gasteiger partial charge in [0.25, 0.3) is 5.56 Å². The molecule has 0 amide bonds. The fraction of sp³-hybridized carbons (Fsp3) is 0.556. The summed E-state index contributed by atoms with van der Waals surface area (Å²) in [6.45, 7) is -0.778. The van der Waals surface area contributed by atoms with E-state index in [4.69, 9.17) is 19.6 Å². The quantitative estimate of drug-likeness (QED) is 0.475. The number of rotatable bonds is 4. The molecule has 2 heterocycles. The van der Waals surface area contributed by atoms with Gasteiger partial charge in [0, 0.05) is 12.3 Å². The smallest absolute Gasteiger partial charge is 0.394 e. The molecule has 2 rings (SSSR count). The molecule has 1 fully saturated rings. The highest BCUT2D eigenvalue weighted by Crippen LogP contribution is 2.44. The third-order valence-corrected chi connectivity index (χ3v) is 3.35. The molecule has 4 N–H and O–H groups in total. The second kappa shape index (κ2) is 5.79. The molecule has 12 heteroatoms. The summed E-state index contributed by atoms with van der Waals surface area (Å²) in [5.41, 5.74) is -1.67. The van der Waals surface area contributed by atoms with Gasteiger partial charge in [-0.2, -0.15) is 0 Å². The molecule has 1 aromatic heterocycles. The van der Waals surface area contributed by atoms with Crippen molar-refractivity contribution in [1.82, 2.24) is 9.55 Å². The zero-order valence-electron chi connectivity index (χ0n) is 10.3. The zero-order valence-corrected chi connectivity index (χ0v) is 11.2. The van der Waals surface area contributed by atoms with Crippen molar-refractivity contribution in [1.29, 1.82) is 0 Å². The monoisotopic (exact) mass is 326 g/mol. The molecular weight excluding hydrogens is 314 g/mol. The van der Waals surface area contributed by atoms with E-state index in [2.05, 4.69) is 4.52 Å². The molecular formula is C9H12FN2O8P. The van der Waals surface area contributed by atoms with Crippen LogP contribution in [0.1, 0.15) is 6.23 Å². The summed E-state index contributed by atoms with van der Waals surface area (Å²) in [6.07, 6.45) is -5.91. The first-order valence-electron chi connectivity index (χ1n) is 5.69. The van der Waals surface area contributed by atoms with E-state index in [1.807, 2.05) is 4.98 Å². The first kappa shape index (κ1) is 16.0. The van der Waals surface area contributed by atoms with Crippen LogP contribution in [0, 0.1) is 0 Å². The summed E-state index contributed by atoms with van der Waals surface area (Å²) in [5.74, 6) is 0. The van der Waals surface area contributed by atoms with Gasteiger partial charge >= 0.3 is 13.5 Å². The number of hydrogen-bond donors (Lipinski definition) is 4. The number of phosphoric acid groups is 1. The highest BCUT2D eigenvalue weighted by atomic mass is 31.2. The summed E-state index contributed by atoms with van der Waals surface area (Å²) in [5, 5.41) is 9.06. The third-order valence-electron chi connectivity index (χ3n) is 2.83. The average Bonchev–Trinajstić information content (AvgIpc) is 2.65. The minimum atomic E-state index is -5.02. The van der Waals surface area contributed by atoms with Crippen LogP contribution in [0.2, 0.25) is 0 Å². The molecule has 0 aromatic carbocycles. The van der Waals surface area contributed by atoms with Crippen molar-refractivity contribution in [3.8, 4) is 0 Å². The van der Waals surface area contributed by atoms with E-state index in [9.17, 15) is 18.5 Å². The molecule has 118 valence electrons. The van der Waals surface area contributed by atoms with Crippen LogP contribution >= 0.6 is 7.82 Å². The van der Waals surface area contributed by atoms with Crippen LogP contribution in [0.5, 0.6) is 0 Å². The minimum absolute atomic E-state index is 0.692. The van der Waals surface area contributed by atoms with Crippen molar-refractivity contribution in [2.75, 3.05) is 6.61 Å². The van der Waals surface area contributed by atoms with E-state index in [1.54, 1.807) is 0 Å². The Balaban J connectivity index is 2.33. The van der Waals surface area contributed by atoms with E-state index < -0.39 is 50.3 Å². The number of hydrogen-bond acceptors (Lipinski definition) is 6. The highest BCUT2D eigenvalue weighted by Gasteiger charge is 2.49. The number of aliphatic hydroxyl groups is 1. The molecule has 1 aromatic rings. The average molecular weight is 326 g/mol. The van der Waals surface area contributed by atoms with Crippen LogP contribution in [0.25, 0.3) is 0 Å². The normalized spacial score (nSPS) is 29.7. The molecule has 1 saturated heterocycles. The number of nitrogens with zero attached hydrogens (tertiary/aromatic N) is 1. The van der Waals surface area contributed by atoms with Crippen LogP contribution in [0.15, 0.2) is 21.9 Å². The lowest BCUT2D eigenvalue weighted by Crippen LogP contribution is -2.36. The molecule has 0 saturated carbocycles. The maximum absolute atomic E-state index is 14.2. The second-order valence-corrected chi connectivity index (χ2v) is 5.46. The Kier molecular flexibility index (Phi) is 4.42. The standard InChI is InChI=1S/C9H12FN2O8P/c10-6-7(20-21(16,17)18)4(3-13)19-8(6)12-2-1-5(14)11-9(12)15/h1-2,4,6-8,13H,3H2,(H,11,14,15)(H2,16,17,18)/t4-,6?,7?,8-/m1/s1. The predicted molar refractivity (Wildman–Crippen MR) is 64.1 cm³/mol. The van der Waals surface area contributed by atoms with Gasteiger partial charge in [0.15, 0.2) is 12.4 Å². The van der Waals surface area contributed by atoms with E-state index in [0.717, 1.165) is 12.3 Å². The molecule has 1 aliphatic rings. The van der Waals surface area contributed by atoms with Gasteiger partial charge in [-0.25, -0.2) is 13.8 Å². The van der Waals surface area contributed by atoms with E-state index >= 15 is 0 Å². The Labute approximate surface area is 116 Å². The third kappa shape index (κ3) is 3.46. The number of aromatic amines is 1. The molecule has 1 aliphatic heterocycles. The van der Waals surface area contributed by atoms with Gasteiger partial charge in [-0.3, -0.25) is 18.9 Å². The van der Waals surface area contributed by atoms with Crippen LogP contribution in [0.3, 0.4) is 0 Å². The Bertz CT molecular complexity index is 668. The van der Waals surface area contributed by atoms with Gasteiger partial charge in [0.2, 0.25) is 0 Å². The predicted octanol–water partition coefficient (Wildman–Crippen LogP) is -1.76. The fourth-order valence-electron chi connectivity index (χ4n) is 1.98. The summed E-state index contributed by atoms with van der Waals surface area (Å²) < 4.78 is 35.0. The lowest BCUT2D eigenvalue weighted by molar-refractivity contribution is -0.0487. The van der Waals surface area contributed by atoms with Crippen molar-refractivity contribution in [2.24, 2.45) is 0 Å². The highest BCUT2D eigenvalue weighted by molar-refractivity contribution is 7.46. The summed E-state index contributed by atoms with van der Waals surface area (Å²) in [7, 11) is -5.02. The minimum Gasteiger partial charge on any atom is -0.394 e. The van der Waals surface area contributed by atoms with E-state index in [0.29, 0.717) is 4.57 Å². The van der Waals surface area contributed by atoms with Crippen molar-refractivity contribution in [3.63, 3.8) is 0 Å². The van der Waals surface area contributed by atoms with Gasteiger partial charge < -0.3 is 19.6 Å². The van der Waals surface area contributed by atoms with Crippen LogP contribution in [-0.4, -0.2) is 49.4 Å². The maximum Gasteiger partial charge on any atom is 0.470 e. The number of alkyl halides is 1. The molecule has 0 radical (unpaired) electrons. The number of H-pyrrole nitrogens is 1. The first-order valence-corrected chi connectivity index (χ1v) is 7.22. The van der Waals surface area contributed by atoms with Crippen molar-refractivity contribution in [2.45, 2.75) is 24.6 Å². The Morgan fingerprint density at radius 1 is 1.48 bits per heavy atom. The van der Waals surface area contributed by atoms with Gasteiger partial charge in [-0.05, 0) is 0 Å². The maximum atomic E-state index is 14.2. The van der Waals surface area contributed by atoms with Gasteiger partial charge in [0.1, 0.15) is 12.2 Å². The zero-order chi connectivity index (χ0) is 15.8. The lowest BCUT2D eigenvalue weighted by atomic mass is 10.1. The Hall–Kier alpha value is -1.36. The number of nitrogens with one attached hydrogen (secondary N) is 1. The number of aliphatic hydroxyl groups excluding tert-OH is 1. The molecule has 21 heavy (non-hydrogen) atoms. The summed E-state index contributed by atoms with van der Waals surface area (Å²) >= 11 is 0. The molecule has 0 aliphatic carbocycles. The molecule has 10 nitrogen and oxygen atoms in total. The van der Waals surface area contributed by atoms with Gasteiger partial charge in [0.05, 0.1) is 6.61 Å². The molecule has 2 unspecified atom stereocenters.